The van der Waals surface area contributed by atoms with Crippen LogP contribution in [0.5, 0.6) is 0 Å². The molecule has 0 aromatic carbocycles. The summed E-state index contributed by atoms with van der Waals surface area (Å²) in [6.45, 7) is 8.78. The van der Waals surface area contributed by atoms with Crippen LogP contribution in [0.15, 0.2) is 12.3 Å². The van der Waals surface area contributed by atoms with E-state index >= 15 is 0 Å². The molecule has 31 heavy (non-hydrogen) atoms. The summed E-state index contributed by atoms with van der Waals surface area (Å²) in [6, 6.07) is 1.25. The number of hydrogen-bond acceptors (Lipinski definition) is 9. The van der Waals surface area contributed by atoms with Crippen molar-refractivity contribution in [1.82, 2.24) is 19.9 Å². The fraction of sp³-hybridized carbons (Fsp3) is 0.600. The second kappa shape index (κ2) is 8.83. The molecule has 0 bridgehead atoms. The van der Waals surface area contributed by atoms with E-state index in [-0.39, 0.29) is 40.9 Å². The number of alkyl halides is 2. The Morgan fingerprint density at radius 3 is 2.35 bits per heavy atom. The Kier molecular flexibility index (Phi) is 6.15. The number of nitrogens with two attached hydrogens (primary N) is 1. The summed E-state index contributed by atoms with van der Waals surface area (Å²) >= 11 is 0. The molecule has 11 heteroatoms. The summed E-state index contributed by atoms with van der Waals surface area (Å²) in [7, 11) is 0. The smallest absolute Gasteiger partial charge is 0.264 e. The van der Waals surface area contributed by atoms with Crippen LogP contribution in [0, 0.1) is 0 Å². The molecule has 0 amide bonds. The topological polar surface area (TPSA) is 103 Å². The van der Waals surface area contributed by atoms with Crippen molar-refractivity contribution in [3.05, 3.63) is 17.8 Å². The molecule has 2 fully saturated rings. The van der Waals surface area contributed by atoms with E-state index in [0.717, 1.165) is 0 Å². The summed E-state index contributed by atoms with van der Waals surface area (Å²) in [4.78, 5) is 22.0. The molecule has 2 aliphatic heterocycles. The lowest BCUT2D eigenvalue weighted by Gasteiger charge is -2.39. The molecule has 0 spiro atoms. The van der Waals surface area contributed by atoms with Crippen molar-refractivity contribution in [2.45, 2.75) is 45.3 Å². The van der Waals surface area contributed by atoms with Crippen molar-refractivity contribution in [3.63, 3.8) is 0 Å². The van der Waals surface area contributed by atoms with Crippen LogP contribution in [0.1, 0.15) is 32.8 Å². The molecular weight excluding hydrogens is 408 g/mol. The van der Waals surface area contributed by atoms with E-state index in [1.165, 1.54) is 12.3 Å². The maximum absolute atomic E-state index is 13.8. The van der Waals surface area contributed by atoms with Crippen LogP contribution in [0.3, 0.4) is 0 Å². The highest BCUT2D eigenvalue weighted by Crippen LogP contribution is 2.32. The third-order valence-corrected chi connectivity index (χ3v) is 5.57. The highest BCUT2D eigenvalue weighted by Gasteiger charge is 2.31. The van der Waals surface area contributed by atoms with Gasteiger partial charge in [0.1, 0.15) is 5.82 Å². The second-order valence-corrected chi connectivity index (χ2v) is 8.02. The van der Waals surface area contributed by atoms with Crippen molar-refractivity contribution in [1.29, 1.82) is 0 Å². The monoisotopic (exact) mass is 435 g/mol. The zero-order valence-electron chi connectivity index (χ0n) is 17.8. The van der Waals surface area contributed by atoms with Crippen LogP contribution in [0.25, 0.3) is 11.4 Å². The number of ether oxygens (including phenoxy) is 2. The van der Waals surface area contributed by atoms with Crippen molar-refractivity contribution >= 4 is 17.7 Å². The highest BCUT2D eigenvalue weighted by atomic mass is 19.3. The number of anilines is 3. The number of hydrogen-bond donors (Lipinski definition) is 1. The Morgan fingerprint density at radius 1 is 1.00 bits per heavy atom. The van der Waals surface area contributed by atoms with Gasteiger partial charge in [0.05, 0.1) is 44.6 Å². The third-order valence-electron chi connectivity index (χ3n) is 5.57. The van der Waals surface area contributed by atoms with Gasteiger partial charge in [0.15, 0.2) is 5.82 Å². The van der Waals surface area contributed by atoms with Crippen LogP contribution in [0.4, 0.5) is 26.5 Å². The van der Waals surface area contributed by atoms with Gasteiger partial charge in [0.2, 0.25) is 11.9 Å². The van der Waals surface area contributed by atoms with E-state index < -0.39 is 6.43 Å². The fourth-order valence-electron chi connectivity index (χ4n) is 4.00. The Labute approximate surface area is 179 Å². The van der Waals surface area contributed by atoms with Crippen LogP contribution in [0.2, 0.25) is 0 Å². The van der Waals surface area contributed by atoms with Crippen LogP contribution in [-0.4, -0.2) is 71.0 Å². The van der Waals surface area contributed by atoms with Gasteiger partial charge in [-0.05, 0) is 26.8 Å². The summed E-state index contributed by atoms with van der Waals surface area (Å²) in [5, 5.41) is 0. The van der Waals surface area contributed by atoms with Gasteiger partial charge in [-0.2, -0.15) is 15.0 Å². The zero-order chi connectivity index (χ0) is 22.1. The van der Waals surface area contributed by atoms with Crippen LogP contribution in [-0.2, 0) is 9.47 Å². The molecule has 2 saturated heterocycles. The van der Waals surface area contributed by atoms with Gasteiger partial charge in [-0.1, -0.05) is 0 Å². The van der Waals surface area contributed by atoms with Gasteiger partial charge in [0, 0.05) is 23.9 Å². The first-order chi connectivity index (χ1) is 14.8. The van der Waals surface area contributed by atoms with E-state index in [1.807, 2.05) is 25.7 Å². The molecule has 4 rings (SSSR count). The molecule has 9 nitrogen and oxygen atoms in total. The first-order valence-electron chi connectivity index (χ1n) is 10.4. The summed E-state index contributed by atoms with van der Waals surface area (Å²) in [6.07, 6.45) is -1.44. The van der Waals surface area contributed by atoms with Gasteiger partial charge in [-0.25, -0.2) is 13.8 Å². The maximum Gasteiger partial charge on any atom is 0.264 e. The number of pyridine rings is 1. The minimum Gasteiger partial charge on any atom is -0.384 e. The van der Waals surface area contributed by atoms with E-state index in [1.54, 1.807) is 0 Å². The van der Waals surface area contributed by atoms with E-state index in [9.17, 15) is 8.78 Å². The number of morpholine rings is 2. The fourth-order valence-corrected chi connectivity index (χ4v) is 4.00. The summed E-state index contributed by atoms with van der Waals surface area (Å²) < 4.78 is 38.7. The zero-order valence-corrected chi connectivity index (χ0v) is 17.8. The molecule has 2 aliphatic rings. The molecule has 2 aromatic heterocycles. The Hall–Kier alpha value is -2.66. The third kappa shape index (κ3) is 4.38. The van der Waals surface area contributed by atoms with E-state index in [4.69, 9.17) is 20.2 Å². The minimum atomic E-state index is -2.74. The standard InChI is InChI=1S/C20H27F2N7O2/c1-11-8-30-5-4-28(11)19-25-18(15-7-24-16(23)6-14(15)17(21)22)26-20(27-19)29-12(2)9-31-10-13(29)3/h6-7,11-13,17H,4-5,8-10H2,1-3H3,(H2,23,24). The molecule has 168 valence electrons. The largest absolute Gasteiger partial charge is 0.384 e. The van der Waals surface area contributed by atoms with Crippen LogP contribution < -0.4 is 15.5 Å². The predicted octanol–water partition coefficient (Wildman–Crippen LogP) is 2.29. The molecule has 3 atom stereocenters. The molecule has 2 aromatic rings. The van der Waals surface area contributed by atoms with Gasteiger partial charge < -0.3 is 25.0 Å². The summed E-state index contributed by atoms with van der Waals surface area (Å²) in [5.41, 5.74) is 5.54. The number of nitrogen functional groups attached to an aromatic ring is 1. The molecule has 0 aliphatic carbocycles. The lowest BCUT2D eigenvalue weighted by atomic mass is 10.1. The van der Waals surface area contributed by atoms with E-state index in [0.29, 0.717) is 44.9 Å². The molecule has 4 heterocycles. The SMILES string of the molecule is CC1COCCN1c1nc(-c2cnc(N)cc2C(F)F)nc(N2C(C)COCC2C)n1. The Balaban J connectivity index is 1.86. The maximum atomic E-state index is 13.8. The highest BCUT2D eigenvalue weighted by molar-refractivity contribution is 5.64. The Bertz CT molecular complexity index is 922. The lowest BCUT2D eigenvalue weighted by Crippen LogP contribution is -2.51. The summed E-state index contributed by atoms with van der Waals surface area (Å²) in [5.74, 6) is 1.02. The van der Waals surface area contributed by atoms with Crippen molar-refractivity contribution < 1.29 is 18.3 Å². The predicted molar refractivity (Wildman–Crippen MR) is 112 cm³/mol. The lowest BCUT2D eigenvalue weighted by molar-refractivity contribution is 0.0746. The van der Waals surface area contributed by atoms with Crippen LogP contribution >= 0.6 is 0 Å². The first kappa shape index (κ1) is 21.6. The van der Waals surface area contributed by atoms with Crippen molar-refractivity contribution in [2.24, 2.45) is 0 Å². The molecule has 2 N–H and O–H groups in total. The van der Waals surface area contributed by atoms with Gasteiger partial charge in [-0.3, -0.25) is 0 Å². The van der Waals surface area contributed by atoms with Crippen molar-refractivity contribution in [3.8, 4) is 11.4 Å². The van der Waals surface area contributed by atoms with Crippen molar-refractivity contribution in [2.75, 3.05) is 48.5 Å². The second-order valence-electron chi connectivity index (χ2n) is 8.02. The van der Waals surface area contributed by atoms with E-state index in [2.05, 4.69) is 19.9 Å². The average Bonchev–Trinajstić information content (AvgIpc) is 2.73. The quantitative estimate of drug-likeness (QED) is 0.775. The number of nitrogens with zero attached hydrogens (tertiary/aromatic N) is 6. The molecule has 0 saturated carbocycles. The molecule has 3 unspecified atom stereocenters. The normalized spacial score (nSPS) is 24.6. The minimum absolute atomic E-state index is 0.0192. The van der Waals surface area contributed by atoms with Gasteiger partial charge in [-0.15, -0.1) is 0 Å². The molecule has 0 radical (unpaired) electrons. The molecular formula is C20H27F2N7O2. The Morgan fingerprint density at radius 2 is 1.68 bits per heavy atom. The first-order valence-corrected chi connectivity index (χ1v) is 10.4. The van der Waals surface area contributed by atoms with Gasteiger partial charge >= 0.3 is 0 Å². The number of rotatable bonds is 4. The number of halogens is 2. The van der Waals surface area contributed by atoms with Gasteiger partial charge in [0.25, 0.3) is 6.43 Å². The average molecular weight is 435 g/mol. The number of aromatic nitrogens is 4.